The van der Waals surface area contributed by atoms with E-state index < -0.39 is 10.8 Å². The Morgan fingerprint density at radius 3 is 2.74 bits per heavy atom. The molecule has 1 amide bonds. The largest absolute Gasteiger partial charge is 0.322 e. The molecule has 1 heterocycles. The number of amides is 1. The van der Waals surface area contributed by atoms with Gasteiger partial charge in [0.25, 0.3) is 5.91 Å². The molecule has 0 fully saturated rings. The van der Waals surface area contributed by atoms with Crippen molar-refractivity contribution in [1.82, 2.24) is 4.98 Å². The van der Waals surface area contributed by atoms with E-state index in [4.69, 9.17) is 11.6 Å². The van der Waals surface area contributed by atoms with Crippen molar-refractivity contribution in [1.29, 1.82) is 0 Å². The van der Waals surface area contributed by atoms with Crippen LogP contribution in [0.3, 0.4) is 0 Å². The fourth-order valence-corrected chi connectivity index (χ4v) is 2.92. The van der Waals surface area contributed by atoms with Gasteiger partial charge in [0.15, 0.2) is 0 Å². The van der Waals surface area contributed by atoms with E-state index >= 15 is 0 Å². The molecule has 23 heavy (non-hydrogen) atoms. The number of nitrogens with zero attached hydrogens (tertiary/aromatic N) is 1. The number of anilines is 1. The minimum Gasteiger partial charge on any atom is -0.322 e. The fraction of sp³-hybridized carbons (Fsp3) is 0.0588. The van der Waals surface area contributed by atoms with Gasteiger partial charge in [0.1, 0.15) is 5.15 Å². The molecule has 2 aromatic carbocycles. The van der Waals surface area contributed by atoms with Crippen molar-refractivity contribution in [3.63, 3.8) is 0 Å². The Balaban J connectivity index is 1.87. The third-order valence-corrected chi connectivity index (χ3v) is 4.47. The highest BCUT2D eigenvalue weighted by molar-refractivity contribution is 7.84. The maximum absolute atomic E-state index is 12.4. The summed E-state index contributed by atoms with van der Waals surface area (Å²) in [5.74, 6) is -0.235. The van der Waals surface area contributed by atoms with Crippen LogP contribution in [0.1, 0.15) is 10.4 Å². The second-order valence-electron chi connectivity index (χ2n) is 4.98. The zero-order valence-electron chi connectivity index (χ0n) is 12.2. The van der Waals surface area contributed by atoms with Crippen LogP contribution < -0.4 is 5.32 Å². The molecule has 1 unspecified atom stereocenters. The maximum Gasteiger partial charge on any atom is 0.255 e. The first-order valence-electron chi connectivity index (χ1n) is 6.84. The van der Waals surface area contributed by atoms with E-state index in [9.17, 15) is 9.00 Å². The first-order valence-corrected chi connectivity index (χ1v) is 8.78. The van der Waals surface area contributed by atoms with E-state index in [0.29, 0.717) is 21.3 Å². The van der Waals surface area contributed by atoms with Crippen LogP contribution in [0.15, 0.2) is 59.5 Å². The molecule has 0 saturated heterocycles. The highest BCUT2D eigenvalue weighted by Gasteiger charge is 2.08. The number of nitrogens with one attached hydrogen (secondary N) is 1. The first kappa shape index (κ1) is 15.6. The van der Waals surface area contributed by atoms with Crippen molar-refractivity contribution >= 4 is 44.9 Å². The fourth-order valence-electron chi connectivity index (χ4n) is 2.20. The maximum atomic E-state index is 12.4. The van der Waals surface area contributed by atoms with Gasteiger partial charge in [0.2, 0.25) is 0 Å². The van der Waals surface area contributed by atoms with Gasteiger partial charge in [-0.3, -0.25) is 9.00 Å². The number of carbonyl (C=O) groups excluding carboxylic acids is 1. The van der Waals surface area contributed by atoms with Crippen molar-refractivity contribution < 1.29 is 9.00 Å². The van der Waals surface area contributed by atoms with E-state index in [1.165, 1.54) is 0 Å². The normalized spacial score (nSPS) is 12.1. The molecule has 116 valence electrons. The van der Waals surface area contributed by atoms with Crippen molar-refractivity contribution in [2.75, 3.05) is 11.6 Å². The van der Waals surface area contributed by atoms with Crippen molar-refractivity contribution in [2.24, 2.45) is 0 Å². The number of rotatable bonds is 3. The van der Waals surface area contributed by atoms with Crippen LogP contribution in [0.4, 0.5) is 5.69 Å². The summed E-state index contributed by atoms with van der Waals surface area (Å²) in [7, 11) is -1.09. The minimum atomic E-state index is -1.09. The summed E-state index contributed by atoms with van der Waals surface area (Å²) in [5, 5.41) is 4.06. The summed E-state index contributed by atoms with van der Waals surface area (Å²) in [6.45, 7) is 0. The summed E-state index contributed by atoms with van der Waals surface area (Å²) in [4.78, 5) is 17.2. The molecule has 1 atom stereocenters. The third-order valence-electron chi connectivity index (χ3n) is 3.34. The molecule has 6 heteroatoms. The van der Waals surface area contributed by atoms with Crippen LogP contribution in [0.25, 0.3) is 10.9 Å². The summed E-state index contributed by atoms with van der Waals surface area (Å²) >= 11 is 5.85. The smallest absolute Gasteiger partial charge is 0.255 e. The first-order chi connectivity index (χ1) is 11.0. The number of carbonyl (C=O) groups is 1. The minimum absolute atomic E-state index is 0.235. The van der Waals surface area contributed by atoms with Gasteiger partial charge in [-0.1, -0.05) is 17.7 Å². The van der Waals surface area contributed by atoms with E-state index in [-0.39, 0.29) is 5.91 Å². The average Bonchev–Trinajstić information content (AvgIpc) is 2.54. The lowest BCUT2D eigenvalue weighted by molar-refractivity contribution is 0.102. The van der Waals surface area contributed by atoms with Gasteiger partial charge >= 0.3 is 0 Å². The summed E-state index contributed by atoms with van der Waals surface area (Å²) in [6, 6.07) is 15.7. The van der Waals surface area contributed by atoms with Gasteiger partial charge in [-0.05, 0) is 48.5 Å². The number of halogens is 1. The number of hydrogen-bond donors (Lipinski definition) is 1. The van der Waals surface area contributed by atoms with Crippen LogP contribution in [-0.2, 0) is 10.8 Å². The van der Waals surface area contributed by atoms with Gasteiger partial charge in [-0.25, -0.2) is 4.98 Å². The molecular weight excluding hydrogens is 332 g/mol. The second kappa shape index (κ2) is 6.48. The molecular formula is C17H13ClN2O2S. The average molecular weight is 345 g/mol. The van der Waals surface area contributed by atoms with E-state index in [2.05, 4.69) is 10.3 Å². The van der Waals surface area contributed by atoms with E-state index in [0.717, 1.165) is 10.9 Å². The molecule has 0 aliphatic heterocycles. The Labute approximate surface area is 141 Å². The quantitative estimate of drug-likeness (QED) is 0.733. The standard InChI is InChI=1S/C17H13ClN2O2S/c1-23(22)14-4-2-3-13(10-14)19-17(21)12-5-7-15-11(9-12)6-8-16(18)20-15/h2-10H,1H3,(H,19,21). The number of pyridine rings is 1. The number of aromatic nitrogens is 1. The van der Waals surface area contributed by atoms with E-state index in [1.807, 2.05) is 6.07 Å². The molecule has 1 aromatic heterocycles. The lowest BCUT2D eigenvalue weighted by atomic mass is 10.1. The molecule has 3 aromatic rings. The lowest BCUT2D eigenvalue weighted by Gasteiger charge is -2.07. The van der Waals surface area contributed by atoms with Gasteiger partial charge < -0.3 is 5.32 Å². The lowest BCUT2D eigenvalue weighted by Crippen LogP contribution is -2.12. The van der Waals surface area contributed by atoms with Crippen LogP contribution >= 0.6 is 11.6 Å². The Kier molecular flexibility index (Phi) is 4.41. The molecule has 1 N–H and O–H groups in total. The van der Waals surface area contributed by atoms with Crippen LogP contribution in [0.2, 0.25) is 5.15 Å². The van der Waals surface area contributed by atoms with Gasteiger partial charge in [-0.15, -0.1) is 0 Å². The Morgan fingerprint density at radius 1 is 1.13 bits per heavy atom. The van der Waals surface area contributed by atoms with Crippen LogP contribution in [0, 0.1) is 0 Å². The van der Waals surface area contributed by atoms with Crippen molar-refractivity contribution in [3.05, 3.63) is 65.3 Å². The molecule has 0 saturated carbocycles. The highest BCUT2D eigenvalue weighted by atomic mass is 35.5. The summed E-state index contributed by atoms with van der Waals surface area (Å²) < 4.78 is 11.5. The number of hydrogen-bond acceptors (Lipinski definition) is 3. The van der Waals surface area contributed by atoms with Gasteiger partial charge in [-0.2, -0.15) is 0 Å². The highest BCUT2D eigenvalue weighted by Crippen LogP contribution is 2.19. The third kappa shape index (κ3) is 3.57. The molecule has 0 bridgehead atoms. The molecule has 3 rings (SSSR count). The Bertz CT molecular complexity index is 927. The molecule has 0 aliphatic rings. The van der Waals surface area contributed by atoms with Gasteiger partial charge in [0.05, 0.1) is 5.52 Å². The Morgan fingerprint density at radius 2 is 1.96 bits per heavy atom. The molecule has 0 aliphatic carbocycles. The molecule has 0 radical (unpaired) electrons. The van der Waals surface area contributed by atoms with Crippen molar-refractivity contribution in [2.45, 2.75) is 4.90 Å². The molecule has 4 nitrogen and oxygen atoms in total. The van der Waals surface area contributed by atoms with Crippen molar-refractivity contribution in [3.8, 4) is 0 Å². The monoisotopic (exact) mass is 344 g/mol. The topological polar surface area (TPSA) is 59.1 Å². The summed E-state index contributed by atoms with van der Waals surface area (Å²) in [5.41, 5.74) is 1.86. The Hall–Kier alpha value is -2.24. The molecule has 0 spiro atoms. The predicted molar refractivity (Wildman–Crippen MR) is 93.5 cm³/mol. The van der Waals surface area contributed by atoms with Crippen LogP contribution in [0.5, 0.6) is 0 Å². The van der Waals surface area contributed by atoms with E-state index in [1.54, 1.807) is 54.8 Å². The zero-order valence-corrected chi connectivity index (χ0v) is 13.8. The number of benzene rings is 2. The number of fused-ring (bicyclic) bond motifs is 1. The predicted octanol–water partition coefficient (Wildman–Crippen LogP) is 3.88. The summed E-state index contributed by atoms with van der Waals surface area (Å²) in [6.07, 6.45) is 1.60. The second-order valence-corrected chi connectivity index (χ2v) is 6.74. The van der Waals surface area contributed by atoms with Gasteiger partial charge in [0, 0.05) is 38.6 Å². The zero-order chi connectivity index (χ0) is 16.4. The SMILES string of the molecule is CS(=O)c1cccc(NC(=O)c2ccc3nc(Cl)ccc3c2)c1. The van der Waals surface area contributed by atoms with Crippen LogP contribution in [-0.4, -0.2) is 21.4 Å².